The van der Waals surface area contributed by atoms with Crippen LogP contribution in [0.4, 0.5) is 0 Å². The number of aryl methyl sites for hydroxylation is 2. The molecule has 0 aliphatic carbocycles. The van der Waals surface area contributed by atoms with Gasteiger partial charge in [-0.2, -0.15) is 0 Å². The Morgan fingerprint density at radius 3 is 1.94 bits per heavy atom. The van der Waals surface area contributed by atoms with Gasteiger partial charge in [0.1, 0.15) is 5.82 Å². The lowest BCUT2D eigenvalue weighted by Crippen LogP contribution is -2.14. The molecule has 0 aliphatic heterocycles. The molecule has 17 heavy (non-hydrogen) atoms. The number of hydrogen-bond donors (Lipinski definition) is 1. The van der Waals surface area contributed by atoms with Gasteiger partial charge in [-0.25, -0.2) is 9.97 Å². The van der Waals surface area contributed by atoms with Crippen molar-refractivity contribution >= 4 is 0 Å². The minimum Gasteiger partial charge on any atom is -0.330 e. The Labute approximate surface area is 105 Å². The van der Waals surface area contributed by atoms with Gasteiger partial charge < -0.3 is 5.73 Å². The second-order valence-electron chi connectivity index (χ2n) is 4.86. The van der Waals surface area contributed by atoms with E-state index in [0.29, 0.717) is 12.5 Å². The highest BCUT2D eigenvalue weighted by molar-refractivity contribution is 5.27. The van der Waals surface area contributed by atoms with Crippen LogP contribution in [0.15, 0.2) is 0 Å². The van der Waals surface area contributed by atoms with E-state index in [2.05, 4.69) is 27.7 Å². The van der Waals surface area contributed by atoms with Crippen LogP contribution in [0.3, 0.4) is 0 Å². The molecule has 0 spiro atoms. The first-order valence-electron chi connectivity index (χ1n) is 6.69. The molecule has 0 unspecified atom stereocenters. The van der Waals surface area contributed by atoms with Crippen LogP contribution in [-0.2, 0) is 25.7 Å². The summed E-state index contributed by atoms with van der Waals surface area (Å²) in [5, 5.41) is 0. The van der Waals surface area contributed by atoms with E-state index < -0.39 is 0 Å². The fraction of sp³-hybridized carbons (Fsp3) is 0.714. The Bertz CT molecular complexity index is 333. The summed E-state index contributed by atoms with van der Waals surface area (Å²) in [5.74, 6) is 1.60. The zero-order chi connectivity index (χ0) is 12.8. The van der Waals surface area contributed by atoms with Crippen LogP contribution in [0, 0.1) is 5.92 Å². The molecule has 1 aromatic rings. The van der Waals surface area contributed by atoms with Crippen LogP contribution in [0.25, 0.3) is 0 Å². The highest BCUT2D eigenvalue weighted by atomic mass is 14.9. The summed E-state index contributed by atoms with van der Waals surface area (Å²) in [6, 6.07) is 0. The van der Waals surface area contributed by atoms with Crippen LogP contribution in [0.1, 0.15) is 50.5 Å². The SMILES string of the molecule is CCc1nc(CC(C)C)nc(CC)c1CCN. The highest BCUT2D eigenvalue weighted by Gasteiger charge is 2.12. The van der Waals surface area contributed by atoms with Gasteiger partial charge in [-0.05, 0) is 37.3 Å². The molecule has 0 saturated carbocycles. The minimum atomic E-state index is 0.602. The van der Waals surface area contributed by atoms with E-state index in [1.165, 1.54) is 17.0 Å². The van der Waals surface area contributed by atoms with Gasteiger partial charge in [-0.3, -0.25) is 0 Å². The maximum absolute atomic E-state index is 5.67. The van der Waals surface area contributed by atoms with Crippen molar-refractivity contribution in [2.24, 2.45) is 11.7 Å². The zero-order valence-electron chi connectivity index (χ0n) is 11.6. The highest BCUT2D eigenvalue weighted by Crippen LogP contribution is 2.15. The normalized spacial score (nSPS) is 11.2. The van der Waals surface area contributed by atoms with E-state index in [4.69, 9.17) is 15.7 Å². The molecular formula is C14H25N3. The Morgan fingerprint density at radius 1 is 1.06 bits per heavy atom. The van der Waals surface area contributed by atoms with Crippen LogP contribution < -0.4 is 5.73 Å². The zero-order valence-corrected chi connectivity index (χ0v) is 11.6. The van der Waals surface area contributed by atoms with E-state index in [-0.39, 0.29) is 0 Å². The largest absolute Gasteiger partial charge is 0.330 e. The first kappa shape index (κ1) is 14.1. The molecule has 0 aromatic carbocycles. The molecule has 3 nitrogen and oxygen atoms in total. The Morgan fingerprint density at radius 2 is 1.59 bits per heavy atom. The third kappa shape index (κ3) is 3.77. The summed E-state index contributed by atoms with van der Waals surface area (Å²) in [4.78, 5) is 9.38. The lowest BCUT2D eigenvalue weighted by atomic mass is 10.0. The summed E-state index contributed by atoms with van der Waals surface area (Å²) in [7, 11) is 0. The van der Waals surface area contributed by atoms with Crippen LogP contribution in [0.2, 0.25) is 0 Å². The monoisotopic (exact) mass is 235 g/mol. The van der Waals surface area contributed by atoms with E-state index in [1.807, 2.05) is 0 Å². The summed E-state index contributed by atoms with van der Waals surface area (Å²) < 4.78 is 0. The van der Waals surface area contributed by atoms with Gasteiger partial charge >= 0.3 is 0 Å². The van der Waals surface area contributed by atoms with Crippen LogP contribution in [0.5, 0.6) is 0 Å². The van der Waals surface area contributed by atoms with E-state index in [9.17, 15) is 0 Å². The first-order valence-corrected chi connectivity index (χ1v) is 6.69. The number of nitrogens with two attached hydrogens (primary N) is 1. The number of aromatic nitrogens is 2. The van der Waals surface area contributed by atoms with Gasteiger partial charge in [0.15, 0.2) is 0 Å². The maximum Gasteiger partial charge on any atom is 0.129 e. The van der Waals surface area contributed by atoms with Gasteiger partial charge in [0.05, 0.1) is 0 Å². The molecule has 0 saturated heterocycles. The molecule has 0 amide bonds. The summed E-state index contributed by atoms with van der Waals surface area (Å²) in [6.45, 7) is 9.39. The Hall–Kier alpha value is -0.960. The fourth-order valence-corrected chi connectivity index (χ4v) is 2.11. The van der Waals surface area contributed by atoms with Gasteiger partial charge in [0.25, 0.3) is 0 Å². The summed E-state index contributed by atoms with van der Waals surface area (Å²) in [6.07, 6.45) is 3.79. The number of rotatable bonds is 6. The predicted octanol–water partition coefficient (Wildman–Crippen LogP) is 2.30. The summed E-state index contributed by atoms with van der Waals surface area (Å²) in [5.41, 5.74) is 9.34. The molecule has 1 heterocycles. The average Bonchev–Trinajstić information content (AvgIpc) is 2.30. The van der Waals surface area contributed by atoms with Crippen molar-refractivity contribution in [3.63, 3.8) is 0 Å². The van der Waals surface area contributed by atoms with Crippen molar-refractivity contribution in [1.29, 1.82) is 0 Å². The van der Waals surface area contributed by atoms with Crippen molar-refractivity contribution in [2.45, 2.75) is 53.4 Å². The molecule has 0 radical (unpaired) electrons. The van der Waals surface area contributed by atoms with Gasteiger partial charge in [-0.1, -0.05) is 27.7 Å². The van der Waals surface area contributed by atoms with Gasteiger partial charge in [0.2, 0.25) is 0 Å². The molecule has 1 aromatic heterocycles. The van der Waals surface area contributed by atoms with E-state index >= 15 is 0 Å². The maximum atomic E-state index is 5.67. The van der Waals surface area contributed by atoms with Gasteiger partial charge in [0, 0.05) is 17.8 Å². The molecule has 3 heteroatoms. The quantitative estimate of drug-likeness (QED) is 0.823. The van der Waals surface area contributed by atoms with Crippen LogP contribution >= 0.6 is 0 Å². The number of nitrogens with zero attached hydrogens (tertiary/aromatic N) is 2. The first-order chi connectivity index (χ1) is 8.12. The fourth-order valence-electron chi connectivity index (χ4n) is 2.11. The lowest BCUT2D eigenvalue weighted by molar-refractivity contribution is 0.611. The average molecular weight is 235 g/mol. The molecule has 0 bridgehead atoms. The molecule has 0 fully saturated rings. The van der Waals surface area contributed by atoms with E-state index in [1.54, 1.807) is 0 Å². The number of hydrogen-bond acceptors (Lipinski definition) is 3. The minimum absolute atomic E-state index is 0.602. The molecule has 2 N–H and O–H groups in total. The smallest absolute Gasteiger partial charge is 0.129 e. The van der Waals surface area contributed by atoms with Crippen molar-refractivity contribution in [3.8, 4) is 0 Å². The second-order valence-corrected chi connectivity index (χ2v) is 4.86. The Kier molecular flexibility index (Phi) is 5.56. The van der Waals surface area contributed by atoms with Crippen LogP contribution in [-0.4, -0.2) is 16.5 Å². The third-order valence-corrected chi connectivity index (χ3v) is 2.88. The summed E-state index contributed by atoms with van der Waals surface area (Å²) >= 11 is 0. The Balaban J connectivity index is 3.13. The van der Waals surface area contributed by atoms with Crippen molar-refractivity contribution in [3.05, 3.63) is 22.8 Å². The van der Waals surface area contributed by atoms with Crippen molar-refractivity contribution in [2.75, 3.05) is 6.54 Å². The predicted molar refractivity (Wildman–Crippen MR) is 72.1 cm³/mol. The molecular weight excluding hydrogens is 210 g/mol. The lowest BCUT2D eigenvalue weighted by Gasteiger charge is -2.14. The topological polar surface area (TPSA) is 51.8 Å². The van der Waals surface area contributed by atoms with E-state index in [0.717, 1.165) is 31.5 Å². The van der Waals surface area contributed by atoms with Crippen molar-refractivity contribution < 1.29 is 0 Å². The third-order valence-electron chi connectivity index (χ3n) is 2.88. The second kappa shape index (κ2) is 6.70. The molecule has 1 rings (SSSR count). The van der Waals surface area contributed by atoms with Crippen molar-refractivity contribution in [1.82, 2.24) is 9.97 Å². The van der Waals surface area contributed by atoms with Gasteiger partial charge in [-0.15, -0.1) is 0 Å². The molecule has 96 valence electrons. The molecule has 0 atom stereocenters. The standard InChI is InChI=1S/C14H25N3/c1-5-12-11(7-8-15)13(6-2)17-14(16-12)9-10(3)4/h10H,5-9,15H2,1-4H3. The molecule has 0 aliphatic rings.